The molecule has 4 heteroatoms. The van der Waals surface area contributed by atoms with E-state index in [1.165, 1.54) is 23.9 Å². The van der Waals surface area contributed by atoms with Gasteiger partial charge in [0.15, 0.2) is 11.5 Å². The van der Waals surface area contributed by atoms with Crippen molar-refractivity contribution in [3.8, 4) is 11.5 Å². The first-order valence-electron chi connectivity index (χ1n) is 5.38. The van der Waals surface area contributed by atoms with E-state index >= 15 is 0 Å². The molecule has 0 amide bonds. The number of carbonyl (C=O) groups excluding carboxylic acids is 1. The van der Waals surface area contributed by atoms with E-state index in [2.05, 4.69) is 0 Å². The molecule has 2 rings (SSSR count). The van der Waals surface area contributed by atoms with Crippen LogP contribution in [0.4, 0.5) is 0 Å². The molecule has 0 aromatic heterocycles. The lowest BCUT2D eigenvalue weighted by atomic mass is 10.2. The molecule has 0 fully saturated rings. The number of phenols is 1. The molecule has 0 saturated carbocycles. The lowest BCUT2D eigenvalue weighted by molar-refractivity contribution is 0.112. The van der Waals surface area contributed by atoms with E-state index in [0.717, 1.165) is 11.2 Å². The molecule has 0 radical (unpaired) electrons. The van der Waals surface area contributed by atoms with Crippen molar-refractivity contribution in [2.75, 3.05) is 5.94 Å². The van der Waals surface area contributed by atoms with E-state index in [1.807, 2.05) is 30.3 Å². The molecular formula is C14H12O3S. The number of aldehydes is 1. The highest BCUT2D eigenvalue weighted by Gasteiger charge is 2.04. The summed E-state index contributed by atoms with van der Waals surface area (Å²) in [7, 11) is 0. The summed E-state index contributed by atoms with van der Waals surface area (Å²) in [5, 5.41) is 9.58. The van der Waals surface area contributed by atoms with Crippen molar-refractivity contribution >= 4 is 18.0 Å². The molecule has 2 aromatic rings. The highest BCUT2D eigenvalue weighted by atomic mass is 32.2. The molecule has 92 valence electrons. The van der Waals surface area contributed by atoms with Crippen molar-refractivity contribution < 1.29 is 14.6 Å². The van der Waals surface area contributed by atoms with Crippen LogP contribution < -0.4 is 4.74 Å². The third kappa shape index (κ3) is 3.28. The number of phenolic OH excluding ortho intramolecular Hbond substituents is 1. The van der Waals surface area contributed by atoms with Gasteiger partial charge < -0.3 is 9.84 Å². The number of aromatic hydroxyl groups is 1. The van der Waals surface area contributed by atoms with Gasteiger partial charge >= 0.3 is 0 Å². The van der Waals surface area contributed by atoms with Crippen molar-refractivity contribution in [2.45, 2.75) is 4.90 Å². The van der Waals surface area contributed by atoms with Crippen LogP contribution in [0.2, 0.25) is 0 Å². The van der Waals surface area contributed by atoms with Gasteiger partial charge in [-0.25, -0.2) is 0 Å². The van der Waals surface area contributed by atoms with Gasteiger partial charge in [0, 0.05) is 10.5 Å². The average Bonchev–Trinajstić information content (AvgIpc) is 2.42. The van der Waals surface area contributed by atoms with Gasteiger partial charge in [-0.3, -0.25) is 4.79 Å². The summed E-state index contributed by atoms with van der Waals surface area (Å²) in [5.74, 6) is 0.733. The zero-order valence-electron chi connectivity index (χ0n) is 9.58. The second-order valence-electron chi connectivity index (χ2n) is 3.56. The van der Waals surface area contributed by atoms with E-state index in [1.54, 1.807) is 6.07 Å². The fourth-order valence-electron chi connectivity index (χ4n) is 1.40. The van der Waals surface area contributed by atoms with E-state index in [0.29, 0.717) is 17.3 Å². The highest BCUT2D eigenvalue weighted by Crippen LogP contribution is 2.28. The van der Waals surface area contributed by atoms with Gasteiger partial charge in [0.2, 0.25) is 0 Å². The second-order valence-corrected chi connectivity index (χ2v) is 4.56. The minimum Gasteiger partial charge on any atom is -0.504 e. The number of carbonyl (C=O) groups is 1. The molecule has 0 heterocycles. The molecule has 0 aliphatic carbocycles. The Kier molecular flexibility index (Phi) is 4.25. The van der Waals surface area contributed by atoms with E-state index in [4.69, 9.17) is 4.74 Å². The van der Waals surface area contributed by atoms with Crippen LogP contribution in [0.5, 0.6) is 11.5 Å². The minimum absolute atomic E-state index is 0.0364. The Labute approximate surface area is 109 Å². The normalized spacial score (nSPS) is 10.0. The lowest BCUT2D eigenvalue weighted by Crippen LogP contribution is -1.94. The van der Waals surface area contributed by atoms with Crippen molar-refractivity contribution in [3.05, 3.63) is 54.1 Å². The van der Waals surface area contributed by atoms with E-state index in [-0.39, 0.29) is 5.75 Å². The Balaban J connectivity index is 1.96. The van der Waals surface area contributed by atoms with Crippen LogP contribution in [-0.2, 0) is 0 Å². The Bertz CT molecular complexity index is 526. The Morgan fingerprint density at radius 2 is 1.94 bits per heavy atom. The number of hydrogen-bond donors (Lipinski definition) is 1. The topological polar surface area (TPSA) is 46.5 Å². The molecule has 0 atom stereocenters. The van der Waals surface area contributed by atoms with Crippen LogP contribution in [0.1, 0.15) is 10.4 Å². The van der Waals surface area contributed by atoms with Gasteiger partial charge in [0.05, 0.1) is 0 Å². The van der Waals surface area contributed by atoms with Crippen molar-refractivity contribution in [3.63, 3.8) is 0 Å². The van der Waals surface area contributed by atoms with E-state index in [9.17, 15) is 9.90 Å². The highest BCUT2D eigenvalue weighted by molar-refractivity contribution is 7.99. The molecule has 0 saturated heterocycles. The summed E-state index contributed by atoms with van der Waals surface area (Å²) < 4.78 is 5.44. The largest absolute Gasteiger partial charge is 0.504 e. The maximum absolute atomic E-state index is 10.6. The first-order chi connectivity index (χ1) is 8.79. The van der Waals surface area contributed by atoms with Gasteiger partial charge in [-0.1, -0.05) is 30.0 Å². The first kappa shape index (κ1) is 12.5. The van der Waals surface area contributed by atoms with Gasteiger partial charge in [-0.05, 0) is 30.3 Å². The molecule has 0 unspecified atom stereocenters. The fourth-order valence-corrected chi connectivity index (χ4v) is 2.07. The monoisotopic (exact) mass is 260 g/mol. The summed E-state index contributed by atoms with van der Waals surface area (Å²) in [5.41, 5.74) is 0.479. The summed E-state index contributed by atoms with van der Waals surface area (Å²) >= 11 is 1.52. The minimum atomic E-state index is 0.0364. The molecule has 0 aliphatic rings. The van der Waals surface area contributed by atoms with Crippen LogP contribution >= 0.6 is 11.8 Å². The zero-order valence-corrected chi connectivity index (χ0v) is 10.4. The quantitative estimate of drug-likeness (QED) is 0.509. The maximum Gasteiger partial charge on any atom is 0.162 e. The summed E-state index contributed by atoms with van der Waals surface area (Å²) in [6, 6.07) is 14.3. The Morgan fingerprint density at radius 3 is 2.67 bits per heavy atom. The van der Waals surface area contributed by atoms with Crippen LogP contribution in [0, 0.1) is 0 Å². The van der Waals surface area contributed by atoms with Crippen molar-refractivity contribution in [2.24, 2.45) is 0 Å². The standard InChI is InChI=1S/C14H12O3S/c15-9-11-6-7-13(16)14(8-11)17-10-18-12-4-2-1-3-5-12/h1-9,16H,10H2. The fraction of sp³-hybridized carbons (Fsp3) is 0.0714. The molecular weight excluding hydrogens is 248 g/mol. The van der Waals surface area contributed by atoms with Crippen LogP contribution in [0.15, 0.2) is 53.4 Å². The van der Waals surface area contributed by atoms with Gasteiger partial charge in [0.1, 0.15) is 12.2 Å². The molecule has 1 N–H and O–H groups in total. The number of rotatable bonds is 5. The van der Waals surface area contributed by atoms with Gasteiger partial charge in [-0.15, -0.1) is 0 Å². The van der Waals surface area contributed by atoms with Gasteiger partial charge in [-0.2, -0.15) is 0 Å². The maximum atomic E-state index is 10.6. The second kappa shape index (κ2) is 6.12. The SMILES string of the molecule is O=Cc1ccc(O)c(OCSc2ccccc2)c1. The van der Waals surface area contributed by atoms with Gasteiger partial charge in [0.25, 0.3) is 0 Å². The van der Waals surface area contributed by atoms with Crippen molar-refractivity contribution in [1.29, 1.82) is 0 Å². The average molecular weight is 260 g/mol. The molecule has 0 bridgehead atoms. The van der Waals surface area contributed by atoms with Crippen LogP contribution in [0.25, 0.3) is 0 Å². The molecule has 0 spiro atoms. The zero-order chi connectivity index (χ0) is 12.8. The summed E-state index contributed by atoms with van der Waals surface area (Å²) in [6.45, 7) is 0. The smallest absolute Gasteiger partial charge is 0.162 e. The number of ether oxygens (including phenoxy) is 1. The van der Waals surface area contributed by atoms with Crippen LogP contribution in [0.3, 0.4) is 0 Å². The molecule has 0 aliphatic heterocycles. The molecule has 18 heavy (non-hydrogen) atoms. The van der Waals surface area contributed by atoms with E-state index < -0.39 is 0 Å². The summed E-state index contributed by atoms with van der Waals surface area (Å²) in [4.78, 5) is 11.7. The van der Waals surface area contributed by atoms with Crippen molar-refractivity contribution in [1.82, 2.24) is 0 Å². The van der Waals surface area contributed by atoms with Crippen LogP contribution in [-0.4, -0.2) is 17.3 Å². The number of thioether (sulfide) groups is 1. The third-order valence-corrected chi connectivity index (χ3v) is 3.14. The Hall–Kier alpha value is -1.94. The lowest BCUT2D eigenvalue weighted by Gasteiger charge is -2.08. The predicted octanol–water partition coefficient (Wildman–Crippen LogP) is 3.33. The first-order valence-corrected chi connectivity index (χ1v) is 6.37. The molecule has 2 aromatic carbocycles. The Morgan fingerprint density at radius 1 is 1.17 bits per heavy atom. The molecule has 3 nitrogen and oxygen atoms in total. The predicted molar refractivity (Wildman–Crippen MR) is 71.3 cm³/mol. The third-order valence-electron chi connectivity index (χ3n) is 2.30. The summed E-state index contributed by atoms with van der Waals surface area (Å²) in [6.07, 6.45) is 0.719. The number of hydrogen-bond acceptors (Lipinski definition) is 4. The number of benzene rings is 2.